The van der Waals surface area contributed by atoms with Crippen LogP contribution >= 0.6 is 0 Å². The third-order valence-corrected chi connectivity index (χ3v) is 6.07. The summed E-state index contributed by atoms with van der Waals surface area (Å²) in [5, 5.41) is 19.5. The van der Waals surface area contributed by atoms with Crippen molar-refractivity contribution in [3.8, 4) is 11.3 Å². The fourth-order valence-electron chi connectivity index (χ4n) is 4.23. The first-order valence-corrected chi connectivity index (χ1v) is 11.9. The molecule has 1 aromatic heterocycles. The highest BCUT2D eigenvalue weighted by Gasteiger charge is 2.34. The average molecular weight is 537 g/mol. The summed E-state index contributed by atoms with van der Waals surface area (Å²) in [6, 6.07) is 11.6. The molecule has 1 saturated heterocycles. The Labute approximate surface area is 215 Å². The van der Waals surface area contributed by atoms with Crippen LogP contribution in [0.3, 0.4) is 0 Å². The van der Waals surface area contributed by atoms with Gasteiger partial charge < -0.3 is 34.3 Å². The highest BCUT2D eigenvalue weighted by atomic mass is 19.4. The number of nitrogens with zero attached hydrogens (tertiary/aromatic N) is 1. The lowest BCUT2D eigenvalue weighted by Gasteiger charge is -2.18. The van der Waals surface area contributed by atoms with Crippen molar-refractivity contribution in [1.82, 2.24) is 4.98 Å². The quantitative estimate of drug-likeness (QED) is 0.267. The number of anilines is 1. The van der Waals surface area contributed by atoms with Gasteiger partial charge in [0.25, 0.3) is 5.56 Å². The summed E-state index contributed by atoms with van der Waals surface area (Å²) in [5.41, 5.74) is -0.781. The standard InChI is InChI=1S/C26H27F3N2O7/c27-26(28,29)21-4-2-1-3-19(21)22-11-16-5-6-17(12-20(16)24(34)30-22)31-14-18(38-15-31)13-23(33)25(35)37-10-9-36-8-7-32/h1-6,11-12,18,23,32-33H,7-10,13-15H2,(H,30,34)/t18?,23-/m0/s1. The second kappa shape index (κ2) is 11.9. The second-order valence-corrected chi connectivity index (χ2v) is 8.72. The smallest absolute Gasteiger partial charge is 0.417 e. The molecule has 0 bridgehead atoms. The molecule has 2 aromatic carbocycles. The SMILES string of the molecule is O=C(OCCOCCO)[C@@H](O)CC1CN(c2ccc3cc(-c4ccccc4C(F)(F)F)[nH]c(=O)c3c2)CO1. The number of aliphatic hydroxyl groups excluding tert-OH is 2. The van der Waals surface area contributed by atoms with Crippen LogP contribution in [0.1, 0.15) is 12.0 Å². The van der Waals surface area contributed by atoms with Crippen LogP contribution in [0.25, 0.3) is 22.0 Å². The predicted molar refractivity (Wildman–Crippen MR) is 132 cm³/mol. The Bertz CT molecular complexity index is 1330. The summed E-state index contributed by atoms with van der Waals surface area (Å²) in [6.07, 6.45) is -6.44. The number of H-pyrrole nitrogens is 1. The van der Waals surface area contributed by atoms with Gasteiger partial charge in [-0.1, -0.05) is 24.3 Å². The van der Waals surface area contributed by atoms with E-state index in [1.807, 2.05) is 4.90 Å². The van der Waals surface area contributed by atoms with Crippen molar-refractivity contribution in [1.29, 1.82) is 0 Å². The number of halogens is 3. The summed E-state index contributed by atoms with van der Waals surface area (Å²) >= 11 is 0. The van der Waals surface area contributed by atoms with Crippen molar-refractivity contribution in [3.05, 3.63) is 64.4 Å². The molecule has 3 aromatic rings. The molecule has 1 aliphatic rings. The predicted octanol–water partition coefficient (Wildman–Crippen LogP) is 2.68. The van der Waals surface area contributed by atoms with Crippen molar-refractivity contribution in [2.45, 2.75) is 24.8 Å². The van der Waals surface area contributed by atoms with Gasteiger partial charge in [-0.3, -0.25) is 4.79 Å². The number of hydrogen-bond donors (Lipinski definition) is 3. The highest BCUT2D eigenvalue weighted by molar-refractivity contribution is 5.88. The summed E-state index contributed by atoms with van der Waals surface area (Å²) in [7, 11) is 0. The number of aromatic nitrogens is 1. The minimum Gasteiger partial charge on any atom is -0.461 e. The van der Waals surface area contributed by atoms with E-state index >= 15 is 0 Å². The largest absolute Gasteiger partial charge is 0.461 e. The van der Waals surface area contributed by atoms with Crippen LogP contribution < -0.4 is 10.5 Å². The molecule has 1 unspecified atom stereocenters. The normalized spacial score (nSPS) is 16.7. The van der Waals surface area contributed by atoms with Crippen molar-refractivity contribution < 1.29 is 42.4 Å². The Morgan fingerprint density at radius 3 is 2.71 bits per heavy atom. The molecular weight excluding hydrogens is 509 g/mol. The minimum absolute atomic E-state index is 0.00295. The molecule has 38 heavy (non-hydrogen) atoms. The van der Waals surface area contributed by atoms with Crippen LogP contribution in [-0.4, -0.2) is 73.1 Å². The first-order chi connectivity index (χ1) is 18.2. The number of esters is 1. The molecule has 0 amide bonds. The van der Waals surface area contributed by atoms with Crippen LogP contribution in [0.4, 0.5) is 18.9 Å². The van der Waals surface area contributed by atoms with E-state index in [2.05, 4.69) is 4.98 Å². The first-order valence-electron chi connectivity index (χ1n) is 11.9. The number of rotatable bonds is 10. The van der Waals surface area contributed by atoms with Gasteiger partial charge in [0.2, 0.25) is 0 Å². The Hall–Kier alpha value is -3.45. The number of carbonyl (C=O) groups excluding carboxylic acids is 1. The highest BCUT2D eigenvalue weighted by Crippen LogP contribution is 2.36. The maximum absolute atomic E-state index is 13.5. The van der Waals surface area contributed by atoms with E-state index in [1.165, 1.54) is 24.3 Å². The molecule has 0 aliphatic carbocycles. The van der Waals surface area contributed by atoms with Gasteiger partial charge in [-0.2, -0.15) is 13.2 Å². The summed E-state index contributed by atoms with van der Waals surface area (Å²) in [4.78, 5) is 29.2. The number of alkyl halides is 3. The van der Waals surface area contributed by atoms with Gasteiger partial charge in [-0.15, -0.1) is 0 Å². The molecule has 204 valence electrons. The Kier molecular flexibility index (Phi) is 8.67. The fourth-order valence-corrected chi connectivity index (χ4v) is 4.23. The molecule has 0 spiro atoms. The fraction of sp³-hybridized carbons (Fsp3) is 0.385. The van der Waals surface area contributed by atoms with Gasteiger partial charge >= 0.3 is 12.1 Å². The summed E-state index contributed by atoms with van der Waals surface area (Å²) in [6.45, 7) is 0.522. The Morgan fingerprint density at radius 1 is 1.16 bits per heavy atom. The van der Waals surface area contributed by atoms with Crippen LogP contribution in [-0.2, 0) is 25.2 Å². The monoisotopic (exact) mass is 536 g/mol. The topological polar surface area (TPSA) is 121 Å². The summed E-state index contributed by atoms with van der Waals surface area (Å²) < 4.78 is 56.0. The van der Waals surface area contributed by atoms with E-state index < -0.39 is 35.5 Å². The lowest BCUT2D eigenvalue weighted by Crippen LogP contribution is -2.31. The Morgan fingerprint density at radius 2 is 1.95 bits per heavy atom. The number of benzene rings is 2. The van der Waals surface area contributed by atoms with Gasteiger partial charge in [0.05, 0.1) is 31.5 Å². The number of ether oxygens (including phenoxy) is 3. The zero-order valence-corrected chi connectivity index (χ0v) is 20.2. The van der Waals surface area contributed by atoms with E-state index in [0.29, 0.717) is 23.0 Å². The lowest BCUT2D eigenvalue weighted by atomic mass is 10.0. The number of aliphatic hydroxyl groups is 2. The van der Waals surface area contributed by atoms with E-state index in [4.69, 9.17) is 19.3 Å². The molecule has 1 fully saturated rings. The van der Waals surface area contributed by atoms with E-state index in [9.17, 15) is 27.9 Å². The van der Waals surface area contributed by atoms with Crippen molar-refractivity contribution in [3.63, 3.8) is 0 Å². The van der Waals surface area contributed by atoms with E-state index in [0.717, 1.165) is 6.07 Å². The van der Waals surface area contributed by atoms with Gasteiger partial charge in [-0.25, -0.2) is 4.79 Å². The molecule has 4 rings (SSSR count). The van der Waals surface area contributed by atoms with Crippen LogP contribution in [0.2, 0.25) is 0 Å². The van der Waals surface area contributed by atoms with Crippen LogP contribution in [0.5, 0.6) is 0 Å². The molecule has 2 heterocycles. The number of aromatic amines is 1. The second-order valence-electron chi connectivity index (χ2n) is 8.72. The zero-order valence-electron chi connectivity index (χ0n) is 20.2. The lowest BCUT2D eigenvalue weighted by molar-refractivity contribution is -0.156. The van der Waals surface area contributed by atoms with Gasteiger partial charge in [-0.05, 0) is 29.7 Å². The van der Waals surface area contributed by atoms with E-state index in [-0.39, 0.29) is 50.8 Å². The third kappa shape index (κ3) is 6.51. The molecular formula is C26H27F3N2O7. The number of fused-ring (bicyclic) bond motifs is 1. The Balaban J connectivity index is 1.43. The molecule has 1 aliphatic heterocycles. The van der Waals surface area contributed by atoms with Gasteiger partial charge in [0.15, 0.2) is 6.10 Å². The molecule has 2 atom stereocenters. The van der Waals surface area contributed by atoms with Crippen molar-refractivity contribution in [2.75, 3.05) is 44.6 Å². The average Bonchev–Trinajstić information content (AvgIpc) is 3.36. The maximum atomic E-state index is 13.5. The summed E-state index contributed by atoms with van der Waals surface area (Å²) in [5.74, 6) is -0.806. The van der Waals surface area contributed by atoms with Crippen molar-refractivity contribution >= 4 is 22.4 Å². The zero-order chi connectivity index (χ0) is 27.3. The molecule has 12 heteroatoms. The molecule has 0 saturated carbocycles. The van der Waals surface area contributed by atoms with Crippen LogP contribution in [0, 0.1) is 0 Å². The maximum Gasteiger partial charge on any atom is 0.417 e. The molecule has 0 radical (unpaired) electrons. The van der Waals surface area contributed by atoms with Crippen molar-refractivity contribution in [2.24, 2.45) is 0 Å². The molecule has 3 N–H and O–H groups in total. The number of hydrogen-bond acceptors (Lipinski definition) is 8. The first kappa shape index (κ1) is 27.6. The number of pyridine rings is 1. The molecule has 9 nitrogen and oxygen atoms in total. The van der Waals surface area contributed by atoms with Gasteiger partial charge in [0.1, 0.15) is 13.3 Å². The van der Waals surface area contributed by atoms with Gasteiger partial charge in [0, 0.05) is 35.3 Å². The third-order valence-electron chi connectivity index (χ3n) is 6.07. The minimum atomic E-state index is -4.57. The number of carbonyl (C=O) groups is 1. The number of nitrogens with one attached hydrogen (secondary N) is 1. The van der Waals surface area contributed by atoms with E-state index in [1.54, 1.807) is 18.2 Å². The van der Waals surface area contributed by atoms with Crippen LogP contribution in [0.15, 0.2) is 53.3 Å².